The fraction of sp³-hybridized carbons (Fsp3) is 0.962. The Labute approximate surface area is 227 Å². The molecular formula is C26H55ClNO7P. The zero-order valence-corrected chi connectivity index (χ0v) is 25.1. The molecule has 2 atom stereocenters. The molecule has 0 aliphatic heterocycles. The van der Waals surface area contributed by atoms with Gasteiger partial charge in [0.05, 0.1) is 27.7 Å². The molecule has 0 bridgehead atoms. The molecule has 0 heterocycles. The van der Waals surface area contributed by atoms with Gasteiger partial charge in [0.25, 0.3) is 0 Å². The Morgan fingerprint density at radius 2 is 1.22 bits per heavy atom. The number of esters is 1. The molecule has 0 radical (unpaired) electrons. The van der Waals surface area contributed by atoms with Crippen molar-refractivity contribution in [2.75, 3.05) is 47.5 Å². The molecule has 36 heavy (non-hydrogen) atoms. The molecule has 0 aromatic heterocycles. The molecule has 8 nitrogen and oxygen atoms in total. The standard InChI is InChI=1S/C26H54NO7P.ClH/c1-5-6-7-8-9-10-11-12-13-14-15-16-17-18-19-20-26(29)32-23-25(28)24-34-35(30,31)33-22-21-27(2,3)4;/h25,28H,5-24H2,1-4H3;1H/t25-;/m0./s1. The van der Waals surface area contributed by atoms with Crippen LogP contribution in [0.5, 0.6) is 0 Å². The molecule has 0 amide bonds. The van der Waals surface area contributed by atoms with E-state index in [4.69, 9.17) is 13.8 Å². The van der Waals surface area contributed by atoms with Crippen LogP contribution < -0.4 is 12.4 Å². The van der Waals surface area contributed by atoms with Gasteiger partial charge in [0.2, 0.25) is 0 Å². The minimum Gasteiger partial charge on any atom is -1.00 e. The van der Waals surface area contributed by atoms with Gasteiger partial charge in [-0.15, -0.1) is 0 Å². The predicted octanol–water partition coefficient (Wildman–Crippen LogP) is 3.00. The van der Waals surface area contributed by atoms with Crippen molar-refractivity contribution >= 4 is 13.8 Å². The number of unbranched alkanes of at least 4 members (excludes halogenated alkanes) is 14. The van der Waals surface area contributed by atoms with Gasteiger partial charge in [-0.3, -0.25) is 13.8 Å². The van der Waals surface area contributed by atoms with Crippen molar-refractivity contribution in [3.8, 4) is 0 Å². The number of hydrogen-bond acceptors (Lipinski definition) is 6. The van der Waals surface area contributed by atoms with Crippen LogP contribution in [0.2, 0.25) is 0 Å². The Hall–Kier alpha value is -0.210. The molecule has 2 N–H and O–H groups in total. The number of hydrogen-bond donors (Lipinski definition) is 2. The maximum absolute atomic E-state index is 11.8. The lowest BCUT2D eigenvalue weighted by molar-refractivity contribution is -0.870. The molecule has 218 valence electrons. The monoisotopic (exact) mass is 559 g/mol. The zero-order chi connectivity index (χ0) is 26.4. The quantitative estimate of drug-likeness (QED) is 0.0767. The van der Waals surface area contributed by atoms with Gasteiger partial charge < -0.3 is 31.6 Å². The summed E-state index contributed by atoms with van der Waals surface area (Å²) in [4.78, 5) is 21.4. The fourth-order valence-corrected chi connectivity index (χ4v) is 4.34. The Kier molecular flexibility index (Phi) is 25.2. The van der Waals surface area contributed by atoms with E-state index in [-0.39, 0.29) is 31.6 Å². The molecule has 0 aliphatic carbocycles. The van der Waals surface area contributed by atoms with E-state index in [1.165, 1.54) is 77.0 Å². The lowest BCUT2D eigenvalue weighted by Gasteiger charge is -2.24. The van der Waals surface area contributed by atoms with E-state index in [0.717, 1.165) is 19.3 Å². The summed E-state index contributed by atoms with van der Waals surface area (Å²) in [6, 6.07) is 0. The topological polar surface area (TPSA) is 102 Å². The molecule has 0 aromatic carbocycles. The van der Waals surface area contributed by atoms with E-state index in [0.29, 0.717) is 17.4 Å². The smallest absolute Gasteiger partial charge is 0.472 e. The van der Waals surface area contributed by atoms with Gasteiger partial charge >= 0.3 is 13.8 Å². The van der Waals surface area contributed by atoms with Crippen molar-refractivity contribution in [1.29, 1.82) is 0 Å². The summed E-state index contributed by atoms with van der Waals surface area (Å²) in [7, 11) is 1.57. The highest BCUT2D eigenvalue weighted by Crippen LogP contribution is 2.43. The first-order valence-corrected chi connectivity index (χ1v) is 15.3. The average molecular weight is 560 g/mol. The van der Waals surface area contributed by atoms with E-state index in [2.05, 4.69) is 6.92 Å². The van der Waals surface area contributed by atoms with Crippen molar-refractivity contribution in [3.63, 3.8) is 0 Å². The maximum atomic E-state index is 11.8. The minimum absolute atomic E-state index is 0. The molecular weight excluding hydrogens is 505 g/mol. The highest BCUT2D eigenvalue weighted by molar-refractivity contribution is 7.47. The summed E-state index contributed by atoms with van der Waals surface area (Å²) >= 11 is 0. The van der Waals surface area contributed by atoms with Gasteiger partial charge in [0.15, 0.2) is 0 Å². The second kappa shape index (κ2) is 23.9. The molecule has 0 aliphatic rings. The first-order chi connectivity index (χ1) is 16.6. The lowest BCUT2D eigenvalue weighted by atomic mass is 10.0. The number of halogens is 1. The molecule has 10 heteroatoms. The molecule has 1 unspecified atom stereocenters. The number of aliphatic hydroxyl groups is 1. The summed E-state index contributed by atoms with van der Waals surface area (Å²) < 4.78 is 27.0. The SMILES string of the molecule is CCCCCCCCCCCCCCCCCC(=O)OC[C@H](O)COP(=O)(O)OCC[N+](C)(C)C.[Cl-]. The minimum atomic E-state index is -4.24. The zero-order valence-electron chi connectivity index (χ0n) is 23.4. The van der Waals surface area contributed by atoms with E-state index in [9.17, 15) is 19.4 Å². The Balaban J connectivity index is 0. The van der Waals surface area contributed by atoms with Crippen LogP contribution in [-0.2, 0) is 23.1 Å². The van der Waals surface area contributed by atoms with E-state index >= 15 is 0 Å². The van der Waals surface area contributed by atoms with Crippen molar-refractivity contribution in [1.82, 2.24) is 0 Å². The summed E-state index contributed by atoms with van der Waals surface area (Å²) in [5.74, 6) is -0.370. The van der Waals surface area contributed by atoms with Crippen LogP contribution in [0.15, 0.2) is 0 Å². The van der Waals surface area contributed by atoms with Crippen LogP contribution in [-0.4, -0.2) is 74.1 Å². The van der Waals surface area contributed by atoms with E-state index < -0.39 is 20.5 Å². The van der Waals surface area contributed by atoms with Gasteiger partial charge in [0.1, 0.15) is 25.9 Å². The number of carbonyl (C=O) groups excluding carboxylic acids is 1. The highest BCUT2D eigenvalue weighted by atomic mass is 35.5. The molecule has 0 aromatic rings. The third-order valence-corrected chi connectivity index (χ3v) is 6.85. The van der Waals surface area contributed by atoms with Crippen LogP contribution in [0.25, 0.3) is 0 Å². The Morgan fingerprint density at radius 1 is 0.778 bits per heavy atom. The van der Waals surface area contributed by atoms with Crippen LogP contribution >= 0.6 is 7.82 Å². The second-order valence-electron chi connectivity index (χ2n) is 10.6. The Bertz CT molecular complexity index is 561. The molecule has 0 saturated carbocycles. The summed E-state index contributed by atoms with van der Waals surface area (Å²) in [6.45, 7) is 2.14. The summed E-state index contributed by atoms with van der Waals surface area (Å²) in [5.41, 5.74) is 0. The summed E-state index contributed by atoms with van der Waals surface area (Å²) in [6.07, 6.45) is 18.2. The number of aliphatic hydroxyl groups excluding tert-OH is 1. The fourth-order valence-electron chi connectivity index (χ4n) is 3.60. The number of nitrogens with zero attached hydrogens (tertiary/aromatic N) is 1. The van der Waals surface area contributed by atoms with Crippen LogP contribution in [0, 0.1) is 0 Å². The van der Waals surface area contributed by atoms with Gasteiger partial charge in [-0.05, 0) is 6.42 Å². The van der Waals surface area contributed by atoms with Gasteiger partial charge in [-0.25, -0.2) is 4.57 Å². The number of phosphoric acid groups is 1. The number of carbonyl (C=O) groups is 1. The third kappa shape index (κ3) is 28.4. The first-order valence-electron chi connectivity index (χ1n) is 13.8. The number of phosphoric ester groups is 1. The molecule has 0 fully saturated rings. The lowest BCUT2D eigenvalue weighted by Crippen LogP contribution is -3.00. The van der Waals surface area contributed by atoms with Crippen molar-refractivity contribution in [3.05, 3.63) is 0 Å². The third-order valence-electron chi connectivity index (χ3n) is 5.87. The average Bonchev–Trinajstić information content (AvgIpc) is 2.78. The largest absolute Gasteiger partial charge is 1.00 e. The highest BCUT2D eigenvalue weighted by Gasteiger charge is 2.24. The van der Waals surface area contributed by atoms with Crippen LogP contribution in [0.3, 0.4) is 0 Å². The van der Waals surface area contributed by atoms with Gasteiger partial charge in [-0.1, -0.05) is 96.8 Å². The summed E-state index contributed by atoms with van der Waals surface area (Å²) in [5, 5.41) is 9.83. The number of ether oxygens (including phenoxy) is 1. The second-order valence-corrected chi connectivity index (χ2v) is 12.1. The molecule has 0 spiro atoms. The van der Waals surface area contributed by atoms with Crippen LogP contribution in [0.4, 0.5) is 0 Å². The molecule has 0 saturated heterocycles. The maximum Gasteiger partial charge on any atom is 0.472 e. The molecule has 0 rings (SSSR count). The van der Waals surface area contributed by atoms with Crippen molar-refractivity contribution < 1.29 is 50.0 Å². The number of quaternary nitrogens is 1. The predicted molar refractivity (Wildman–Crippen MR) is 141 cm³/mol. The van der Waals surface area contributed by atoms with Crippen molar-refractivity contribution in [2.45, 2.75) is 116 Å². The number of rotatable bonds is 25. The van der Waals surface area contributed by atoms with Crippen LogP contribution in [0.1, 0.15) is 110 Å². The number of likely N-dealkylation sites (N-methyl/N-ethyl adjacent to an activating group) is 1. The van der Waals surface area contributed by atoms with Gasteiger partial charge in [-0.2, -0.15) is 0 Å². The Morgan fingerprint density at radius 3 is 1.67 bits per heavy atom. The van der Waals surface area contributed by atoms with Gasteiger partial charge in [0, 0.05) is 6.42 Å². The van der Waals surface area contributed by atoms with E-state index in [1.807, 2.05) is 21.1 Å². The normalized spacial score (nSPS) is 14.2. The van der Waals surface area contributed by atoms with E-state index in [1.54, 1.807) is 0 Å². The van der Waals surface area contributed by atoms with Crippen molar-refractivity contribution in [2.24, 2.45) is 0 Å². The first kappa shape index (κ1) is 37.9.